The third kappa shape index (κ3) is 1.90. The number of hydrogen-bond acceptors (Lipinski definition) is 4. The Morgan fingerprint density at radius 2 is 2.05 bits per heavy atom. The molecule has 0 saturated carbocycles. The van der Waals surface area contributed by atoms with Gasteiger partial charge < -0.3 is 5.43 Å². The quantitative estimate of drug-likeness (QED) is 0.555. The molecule has 1 aromatic carbocycles. The van der Waals surface area contributed by atoms with Crippen LogP contribution in [0.2, 0.25) is 0 Å². The highest BCUT2D eigenvalue weighted by atomic mass is 19.1. The number of aromatic nitrogens is 3. The van der Waals surface area contributed by atoms with E-state index in [0.29, 0.717) is 11.5 Å². The minimum Gasteiger partial charge on any atom is -0.308 e. The third-order valence-electron chi connectivity index (χ3n) is 3.15. The Kier molecular flexibility index (Phi) is 2.87. The van der Waals surface area contributed by atoms with Crippen molar-refractivity contribution in [1.29, 1.82) is 0 Å². The van der Waals surface area contributed by atoms with Crippen LogP contribution >= 0.6 is 0 Å². The van der Waals surface area contributed by atoms with Crippen LogP contribution < -0.4 is 11.3 Å². The van der Waals surface area contributed by atoms with Crippen molar-refractivity contribution in [3.63, 3.8) is 0 Å². The summed E-state index contributed by atoms with van der Waals surface area (Å²) in [7, 11) is 0. The van der Waals surface area contributed by atoms with Gasteiger partial charge in [-0.3, -0.25) is 0 Å². The van der Waals surface area contributed by atoms with E-state index in [0.717, 1.165) is 22.5 Å². The van der Waals surface area contributed by atoms with Gasteiger partial charge in [-0.25, -0.2) is 15.2 Å². The van der Waals surface area contributed by atoms with Crippen molar-refractivity contribution < 1.29 is 4.39 Å². The topological polar surface area (TPSA) is 68.2 Å². The molecule has 3 N–H and O–H groups in total. The minimum absolute atomic E-state index is 0.286. The zero-order valence-electron chi connectivity index (χ0n) is 11.2. The fraction of sp³-hybridized carbons (Fsp3) is 0.143. The number of rotatable bonds is 2. The summed E-state index contributed by atoms with van der Waals surface area (Å²) < 4.78 is 15.1. The summed E-state index contributed by atoms with van der Waals surface area (Å²) in [6, 6.07) is 8.20. The number of anilines is 1. The van der Waals surface area contributed by atoms with Gasteiger partial charge in [0.25, 0.3) is 0 Å². The molecule has 0 amide bonds. The summed E-state index contributed by atoms with van der Waals surface area (Å²) in [6.07, 6.45) is 0. The molecule has 5 nitrogen and oxygen atoms in total. The van der Waals surface area contributed by atoms with Crippen LogP contribution in [0.15, 0.2) is 30.3 Å². The second kappa shape index (κ2) is 4.57. The lowest BCUT2D eigenvalue weighted by atomic mass is 10.1. The van der Waals surface area contributed by atoms with E-state index in [-0.39, 0.29) is 5.82 Å². The molecule has 0 radical (unpaired) electrons. The summed E-state index contributed by atoms with van der Waals surface area (Å²) >= 11 is 0. The Balaban J connectivity index is 2.36. The highest BCUT2D eigenvalue weighted by molar-refractivity contribution is 5.80. The molecule has 20 heavy (non-hydrogen) atoms. The van der Waals surface area contributed by atoms with E-state index < -0.39 is 0 Å². The first-order chi connectivity index (χ1) is 9.60. The van der Waals surface area contributed by atoms with E-state index >= 15 is 0 Å². The van der Waals surface area contributed by atoms with Gasteiger partial charge in [0.05, 0.1) is 5.69 Å². The zero-order chi connectivity index (χ0) is 14.3. The van der Waals surface area contributed by atoms with Gasteiger partial charge in [0.2, 0.25) is 0 Å². The molecule has 2 heterocycles. The van der Waals surface area contributed by atoms with Crippen LogP contribution in [0.4, 0.5) is 10.2 Å². The highest BCUT2D eigenvalue weighted by Crippen LogP contribution is 2.29. The van der Waals surface area contributed by atoms with Crippen molar-refractivity contribution in [3.8, 4) is 11.1 Å². The maximum Gasteiger partial charge on any atom is 0.165 e. The van der Waals surface area contributed by atoms with Crippen LogP contribution in [0.1, 0.15) is 11.4 Å². The number of hydrogen-bond donors (Lipinski definition) is 2. The first-order valence-electron chi connectivity index (χ1n) is 6.19. The minimum atomic E-state index is -0.286. The molecule has 0 spiro atoms. The molecule has 0 atom stereocenters. The largest absolute Gasteiger partial charge is 0.308 e. The summed E-state index contributed by atoms with van der Waals surface area (Å²) in [5.41, 5.74) is 6.39. The SMILES string of the molecule is Cc1cc(NN)n2nc(C)c(-c3cccc(F)c3)c2n1. The van der Waals surface area contributed by atoms with Crippen LogP contribution in [0.5, 0.6) is 0 Å². The van der Waals surface area contributed by atoms with E-state index in [1.165, 1.54) is 12.1 Å². The van der Waals surface area contributed by atoms with Gasteiger partial charge in [0, 0.05) is 17.3 Å². The Bertz CT molecular complexity index is 794. The van der Waals surface area contributed by atoms with Gasteiger partial charge in [-0.1, -0.05) is 12.1 Å². The van der Waals surface area contributed by atoms with Crippen LogP contribution in [0, 0.1) is 19.7 Å². The summed E-state index contributed by atoms with van der Waals surface area (Å²) in [4.78, 5) is 4.49. The molecule has 0 saturated heterocycles. The molecular weight excluding hydrogens is 257 g/mol. The van der Waals surface area contributed by atoms with Crippen molar-refractivity contribution in [1.82, 2.24) is 14.6 Å². The molecule has 3 aromatic rings. The number of nitrogens with zero attached hydrogens (tertiary/aromatic N) is 3. The van der Waals surface area contributed by atoms with Crippen molar-refractivity contribution in [2.75, 3.05) is 5.43 Å². The van der Waals surface area contributed by atoms with Gasteiger partial charge in [-0.05, 0) is 31.5 Å². The fourth-order valence-electron chi connectivity index (χ4n) is 2.33. The van der Waals surface area contributed by atoms with Gasteiger partial charge in [0.15, 0.2) is 5.65 Å². The predicted molar refractivity (Wildman–Crippen MR) is 75.7 cm³/mol. The lowest BCUT2D eigenvalue weighted by Crippen LogP contribution is -2.12. The maximum atomic E-state index is 13.4. The molecule has 0 fully saturated rings. The summed E-state index contributed by atoms with van der Waals surface area (Å²) in [5.74, 6) is 5.86. The van der Waals surface area contributed by atoms with E-state index in [4.69, 9.17) is 5.84 Å². The van der Waals surface area contributed by atoms with Crippen LogP contribution in [-0.4, -0.2) is 14.6 Å². The Morgan fingerprint density at radius 1 is 1.25 bits per heavy atom. The average Bonchev–Trinajstić information content (AvgIpc) is 2.73. The molecule has 2 aromatic heterocycles. The van der Waals surface area contributed by atoms with Gasteiger partial charge in [-0.2, -0.15) is 9.61 Å². The second-order valence-corrected chi connectivity index (χ2v) is 4.63. The van der Waals surface area contributed by atoms with Crippen molar-refractivity contribution >= 4 is 11.5 Å². The van der Waals surface area contributed by atoms with Gasteiger partial charge >= 0.3 is 0 Å². The van der Waals surface area contributed by atoms with Crippen molar-refractivity contribution in [3.05, 3.63) is 47.5 Å². The first kappa shape index (κ1) is 12.6. The van der Waals surface area contributed by atoms with Crippen LogP contribution in [0.25, 0.3) is 16.8 Å². The van der Waals surface area contributed by atoms with Crippen molar-refractivity contribution in [2.45, 2.75) is 13.8 Å². The molecule has 102 valence electrons. The molecule has 0 aliphatic heterocycles. The molecular formula is C14H14FN5. The van der Waals surface area contributed by atoms with E-state index in [1.807, 2.05) is 19.9 Å². The molecule has 0 unspecified atom stereocenters. The molecule has 0 aliphatic carbocycles. The third-order valence-corrected chi connectivity index (χ3v) is 3.15. The number of fused-ring (bicyclic) bond motifs is 1. The smallest absolute Gasteiger partial charge is 0.165 e. The van der Waals surface area contributed by atoms with Gasteiger partial charge in [-0.15, -0.1) is 0 Å². The number of nitrogens with one attached hydrogen (secondary N) is 1. The van der Waals surface area contributed by atoms with Gasteiger partial charge in [0.1, 0.15) is 11.6 Å². The number of benzene rings is 1. The molecule has 6 heteroatoms. The standard InChI is InChI=1S/C14H14FN5/c1-8-6-12(18-16)20-14(17-8)13(9(2)19-20)10-4-3-5-11(15)7-10/h3-7,18H,16H2,1-2H3. The van der Waals surface area contributed by atoms with Crippen LogP contribution in [0.3, 0.4) is 0 Å². The Morgan fingerprint density at radius 3 is 2.75 bits per heavy atom. The zero-order valence-corrected chi connectivity index (χ0v) is 11.2. The lowest BCUT2D eigenvalue weighted by molar-refractivity contribution is 0.628. The number of aryl methyl sites for hydroxylation is 2. The number of nitrogen functional groups attached to an aromatic ring is 1. The van der Waals surface area contributed by atoms with E-state index in [1.54, 1.807) is 16.6 Å². The first-order valence-corrected chi connectivity index (χ1v) is 6.19. The normalized spacial score (nSPS) is 11.0. The fourth-order valence-corrected chi connectivity index (χ4v) is 2.33. The Labute approximate surface area is 115 Å². The van der Waals surface area contributed by atoms with E-state index in [9.17, 15) is 4.39 Å². The predicted octanol–water partition coefficient (Wildman–Crippen LogP) is 2.44. The number of hydrazine groups is 1. The van der Waals surface area contributed by atoms with Crippen LogP contribution in [-0.2, 0) is 0 Å². The molecule has 0 aliphatic rings. The summed E-state index contributed by atoms with van der Waals surface area (Å²) in [6.45, 7) is 3.74. The average molecular weight is 271 g/mol. The molecule has 0 bridgehead atoms. The van der Waals surface area contributed by atoms with Crippen molar-refractivity contribution in [2.24, 2.45) is 5.84 Å². The van der Waals surface area contributed by atoms with E-state index in [2.05, 4.69) is 15.5 Å². The Hall–Kier alpha value is -2.47. The number of nitrogens with two attached hydrogens (primary N) is 1. The number of halogens is 1. The molecule has 3 rings (SSSR count). The maximum absolute atomic E-state index is 13.4. The highest BCUT2D eigenvalue weighted by Gasteiger charge is 2.15. The monoisotopic (exact) mass is 271 g/mol. The lowest BCUT2D eigenvalue weighted by Gasteiger charge is -2.05. The summed E-state index contributed by atoms with van der Waals surface area (Å²) in [5, 5.41) is 4.42. The second-order valence-electron chi connectivity index (χ2n) is 4.63.